The topological polar surface area (TPSA) is 75.2 Å². The van der Waals surface area contributed by atoms with Gasteiger partial charge in [-0.1, -0.05) is 6.92 Å². The molecule has 102 valence electrons. The summed E-state index contributed by atoms with van der Waals surface area (Å²) in [6.45, 7) is 5.56. The van der Waals surface area contributed by atoms with Gasteiger partial charge in [0.05, 0.1) is 6.54 Å². The Balaban J connectivity index is 2.28. The number of hydrogen-bond donors (Lipinski definition) is 1. The van der Waals surface area contributed by atoms with Crippen LogP contribution in [-0.4, -0.2) is 38.3 Å². The molecule has 2 amide bonds. The van der Waals surface area contributed by atoms with Crippen molar-refractivity contribution in [3.63, 3.8) is 0 Å². The van der Waals surface area contributed by atoms with Crippen LogP contribution in [0.4, 0.5) is 0 Å². The van der Waals surface area contributed by atoms with Gasteiger partial charge in [-0.2, -0.15) is 0 Å². The van der Waals surface area contributed by atoms with E-state index in [2.05, 4.69) is 15.3 Å². The van der Waals surface area contributed by atoms with Gasteiger partial charge in [-0.25, -0.2) is 9.97 Å². The van der Waals surface area contributed by atoms with Crippen molar-refractivity contribution >= 4 is 11.8 Å². The number of carbonyl (C=O) groups excluding carboxylic acids is 2. The fraction of sp³-hybridized carbons (Fsp3) is 0.538. The second kappa shape index (κ2) is 4.95. The molecule has 1 aromatic heterocycles. The molecule has 6 heteroatoms. The largest absolute Gasteiger partial charge is 0.340 e. The zero-order valence-electron chi connectivity index (χ0n) is 11.4. The Kier molecular flexibility index (Phi) is 3.50. The first-order valence-electron chi connectivity index (χ1n) is 6.34. The third-order valence-corrected chi connectivity index (χ3v) is 3.23. The summed E-state index contributed by atoms with van der Waals surface area (Å²) in [6, 6.07) is 1.26. The van der Waals surface area contributed by atoms with Crippen LogP contribution >= 0.6 is 0 Å². The van der Waals surface area contributed by atoms with E-state index in [-0.39, 0.29) is 18.4 Å². The molecule has 0 aromatic carbocycles. The molecule has 1 aliphatic heterocycles. The predicted molar refractivity (Wildman–Crippen MR) is 68.9 cm³/mol. The quantitative estimate of drug-likeness (QED) is 0.860. The van der Waals surface area contributed by atoms with E-state index in [1.54, 1.807) is 37.2 Å². The number of nitrogens with one attached hydrogen (secondary N) is 1. The van der Waals surface area contributed by atoms with Gasteiger partial charge in [0.2, 0.25) is 11.8 Å². The van der Waals surface area contributed by atoms with Crippen LogP contribution in [0.1, 0.15) is 33.0 Å². The summed E-state index contributed by atoms with van der Waals surface area (Å²) in [4.78, 5) is 34.3. The number of nitrogens with zero attached hydrogens (tertiary/aromatic N) is 3. The van der Waals surface area contributed by atoms with Crippen molar-refractivity contribution < 1.29 is 9.59 Å². The van der Waals surface area contributed by atoms with Crippen LogP contribution in [0.3, 0.4) is 0 Å². The number of rotatable bonds is 3. The summed E-state index contributed by atoms with van der Waals surface area (Å²) in [6.07, 6.45) is 3.83. The predicted octanol–water partition coefficient (Wildman–Crippen LogP) is 0.492. The SMILES string of the molecule is CCC1C(=O)NC(C)(C)C(=O)N1Cc1ncccn1. The number of amides is 2. The summed E-state index contributed by atoms with van der Waals surface area (Å²) >= 11 is 0. The maximum absolute atomic E-state index is 12.4. The molecule has 6 nitrogen and oxygen atoms in total. The molecule has 1 aromatic rings. The third kappa shape index (κ3) is 2.57. The zero-order chi connectivity index (χ0) is 14.0. The van der Waals surface area contributed by atoms with Gasteiger partial charge in [0, 0.05) is 12.4 Å². The molecule has 0 saturated carbocycles. The van der Waals surface area contributed by atoms with Gasteiger partial charge in [-0.15, -0.1) is 0 Å². The Bertz CT molecular complexity index is 487. The van der Waals surface area contributed by atoms with Crippen molar-refractivity contribution in [3.8, 4) is 0 Å². The fourth-order valence-corrected chi connectivity index (χ4v) is 2.24. The van der Waals surface area contributed by atoms with E-state index >= 15 is 0 Å². The molecule has 19 heavy (non-hydrogen) atoms. The van der Waals surface area contributed by atoms with Crippen LogP contribution in [0.5, 0.6) is 0 Å². The highest BCUT2D eigenvalue weighted by Crippen LogP contribution is 2.21. The second-order valence-corrected chi connectivity index (χ2v) is 5.14. The van der Waals surface area contributed by atoms with Gasteiger partial charge in [-0.05, 0) is 26.3 Å². The number of hydrogen-bond acceptors (Lipinski definition) is 4. The average Bonchev–Trinajstić information content (AvgIpc) is 2.37. The molecular formula is C13H18N4O2. The van der Waals surface area contributed by atoms with Gasteiger partial charge < -0.3 is 10.2 Å². The Morgan fingerprint density at radius 2 is 1.95 bits per heavy atom. The Morgan fingerprint density at radius 1 is 1.32 bits per heavy atom. The minimum atomic E-state index is -0.877. The number of aromatic nitrogens is 2. The van der Waals surface area contributed by atoms with Gasteiger partial charge in [0.1, 0.15) is 17.4 Å². The molecule has 1 N–H and O–H groups in total. The van der Waals surface area contributed by atoms with Gasteiger partial charge in [0.25, 0.3) is 0 Å². The number of piperazine rings is 1. The van der Waals surface area contributed by atoms with Crippen molar-refractivity contribution in [2.45, 2.75) is 45.3 Å². The highest BCUT2D eigenvalue weighted by atomic mass is 16.2. The lowest BCUT2D eigenvalue weighted by Gasteiger charge is -2.42. The highest BCUT2D eigenvalue weighted by molar-refractivity contribution is 5.99. The molecule has 0 bridgehead atoms. The standard InChI is InChI=1S/C13H18N4O2/c1-4-9-11(18)16-13(2,3)12(19)17(9)8-10-14-6-5-7-15-10/h5-7,9H,4,8H2,1-3H3,(H,16,18). The van der Waals surface area contributed by atoms with Crippen LogP contribution in [0.2, 0.25) is 0 Å². The third-order valence-electron chi connectivity index (χ3n) is 3.23. The average molecular weight is 262 g/mol. The van der Waals surface area contributed by atoms with Crippen LogP contribution in [0.15, 0.2) is 18.5 Å². The van der Waals surface area contributed by atoms with E-state index in [9.17, 15) is 9.59 Å². The summed E-state index contributed by atoms with van der Waals surface area (Å²) in [5, 5.41) is 2.75. The lowest BCUT2D eigenvalue weighted by molar-refractivity contribution is -0.154. The summed E-state index contributed by atoms with van der Waals surface area (Å²) < 4.78 is 0. The molecule has 1 fully saturated rings. The van der Waals surface area contributed by atoms with Crippen LogP contribution in [-0.2, 0) is 16.1 Å². The van der Waals surface area contributed by atoms with Crippen molar-refractivity contribution in [2.75, 3.05) is 0 Å². The van der Waals surface area contributed by atoms with Gasteiger partial charge in [-0.3, -0.25) is 9.59 Å². The normalized spacial score (nSPS) is 22.3. The van der Waals surface area contributed by atoms with E-state index in [1.807, 2.05) is 6.92 Å². The van der Waals surface area contributed by atoms with E-state index in [0.717, 1.165) is 0 Å². The van der Waals surface area contributed by atoms with Crippen molar-refractivity contribution in [1.29, 1.82) is 0 Å². The maximum atomic E-state index is 12.4. The van der Waals surface area contributed by atoms with E-state index < -0.39 is 11.6 Å². The molecule has 1 unspecified atom stereocenters. The van der Waals surface area contributed by atoms with Crippen LogP contribution in [0.25, 0.3) is 0 Å². The first-order valence-corrected chi connectivity index (χ1v) is 6.34. The van der Waals surface area contributed by atoms with E-state index in [0.29, 0.717) is 12.2 Å². The van der Waals surface area contributed by atoms with E-state index in [1.165, 1.54) is 0 Å². The summed E-state index contributed by atoms with van der Waals surface area (Å²) in [5.41, 5.74) is -0.877. The van der Waals surface area contributed by atoms with Crippen molar-refractivity contribution in [3.05, 3.63) is 24.3 Å². The van der Waals surface area contributed by atoms with E-state index in [4.69, 9.17) is 0 Å². The molecule has 1 saturated heterocycles. The molecule has 0 aliphatic carbocycles. The number of carbonyl (C=O) groups is 2. The molecule has 0 radical (unpaired) electrons. The fourth-order valence-electron chi connectivity index (χ4n) is 2.24. The highest BCUT2D eigenvalue weighted by Gasteiger charge is 2.44. The molecular weight excluding hydrogens is 244 g/mol. The van der Waals surface area contributed by atoms with Crippen LogP contribution < -0.4 is 5.32 Å². The van der Waals surface area contributed by atoms with Crippen LogP contribution in [0, 0.1) is 0 Å². The zero-order valence-corrected chi connectivity index (χ0v) is 11.4. The first-order chi connectivity index (χ1) is 8.95. The lowest BCUT2D eigenvalue weighted by Crippen LogP contribution is -2.67. The molecule has 1 atom stereocenters. The molecule has 2 heterocycles. The van der Waals surface area contributed by atoms with Crippen molar-refractivity contribution in [2.24, 2.45) is 0 Å². The molecule has 1 aliphatic rings. The maximum Gasteiger partial charge on any atom is 0.248 e. The molecule has 2 rings (SSSR count). The Morgan fingerprint density at radius 3 is 2.53 bits per heavy atom. The van der Waals surface area contributed by atoms with Gasteiger partial charge >= 0.3 is 0 Å². The second-order valence-electron chi connectivity index (χ2n) is 5.14. The monoisotopic (exact) mass is 262 g/mol. The van der Waals surface area contributed by atoms with Crippen molar-refractivity contribution in [1.82, 2.24) is 20.2 Å². The lowest BCUT2D eigenvalue weighted by atomic mass is 9.96. The first kappa shape index (κ1) is 13.5. The van der Waals surface area contributed by atoms with Gasteiger partial charge in [0.15, 0.2) is 0 Å². The Hall–Kier alpha value is -1.98. The minimum absolute atomic E-state index is 0.105. The molecule has 0 spiro atoms. The Labute approximate surface area is 112 Å². The summed E-state index contributed by atoms with van der Waals surface area (Å²) in [5.74, 6) is 0.314. The smallest absolute Gasteiger partial charge is 0.248 e. The summed E-state index contributed by atoms with van der Waals surface area (Å²) in [7, 11) is 0. The minimum Gasteiger partial charge on any atom is -0.340 e.